The van der Waals surface area contributed by atoms with Crippen LogP contribution < -0.4 is 0 Å². The molecule has 0 amide bonds. The summed E-state index contributed by atoms with van der Waals surface area (Å²) in [6, 6.07) is 0. The highest BCUT2D eigenvalue weighted by Gasteiger charge is 2.17. The fourth-order valence-corrected chi connectivity index (χ4v) is 2.62. The molecule has 0 aliphatic heterocycles. The standard InChI is InChI=1S/C13H12FN7S/c1-3-8-10(14)12(18-7-17-8)22-13-20-19-11(21(13)2)9-6-15-4-5-16-9/h4-7H,3H2,1-2H3. The molecule has 112 valence electrons. The number of rotatable bonds is 4. The zero-order chi connectivity index (χ0) is 15.5. The molecule has 0 aliphatic carbocycles. The van der Waals surface area contributed by atoms with Crippen molar-refractivity contribution in [2.24, 2.45) is 7.05 Å². The molecule has 0 N–H and O–H groups in total. The highest BCUT2D eigenvalue weighted by Crippen LogP contribution is 2.28. The summed E-state index contributed by atoms with van der Waals surface area (Å²) >= 11 is 1.10. The Balaban J connectivity index is 1.93. The monoisotopic (exact) mass is 317 g/mol. The fraction of sp³-hybridized carbons (Fsp3) is 0.231. The third kappa shape index (κ3) is 2.67. The van der Waals surface area contributed by atoms with Crippen molar-refractivity contribution in [1.29, 1.82) is 0 Å². The van der Waals surface area contributed by atoms with Crippen LogP contribution in [0.3, 0.4) is 0 Å². The van der Waals surface area contributed by atoms with Crippen LogP contribution >= 0.6 is 11.8 Å². The molecular formula is C13H12FN7S. The Morgan fingerprint density at radius 3 is 2.77 bits per heavy atom. The predicted octanol–water partition coefficient (Wildman–Crippen LogP) is 1.91. The summed E-state index contributed by atoms with van der Waals surface area (Å²) < 4.78 is 15.9. The van der Waals surface area contributed by atoms with Gasteiger partial charge in [0.25, 0.3) is 0 Å². The fourth-order valence-electron chi connectivity index (χ4n) is 1.83. The van der Waals surface area contributed by atoms with E-state index < -0.39 is 5.82 Å². The Hall–Kier alpha value is -2.42. The lowest BCUT2D eigenvalue weighted by Gasteiger charge is -2.05. The molecule has 0 spiro atoms. The van der Waals surface area contributed by atoms with Crippen molar-refractivity contribution in [1.82, 2.24) is 34.7 Å². The van der Waals surface area contributed by atoms with E-state index in [2.05, 4.69) is 30.1 Å². The molecule has 3 rings (SSSR count). The van der Waals surface area contributed by atoms with Gasteiger partial charge in [0, 0.05) is 19.4 Å². The van der Waals surface area contributed by atoms with E-state index in [1.807, 2.05) is 6.92 Å². The van der Waals surface area contributed by atoms with E-state index in [-0.39, 0.29) is 5.03 Å². The summed E-state index contributed by atoms with van der Waals surface area (Å²) in [4.78, 5) is 16.1. The molecule has 0 aliphatic rings. The maximum atomic E-state index is 14.2. The number of hydrogen-bond donors (Lipinski definition) is 0. The van der Waals surface area contributed by atoms with Gasteiger partial charge in [-0.15, -0.1) is 10.2 Å². The molecule has 0 radical (unpaired) electrons. The van der Waals surface area contributed by atoms with E-state index in [1.54, 1.807) is 30.2 Å². The van der Waals surface area contributed by atoms with Crippen LogP contribution in [-0.4, -0.2) is 34.7 Å². The minimum absolute atomic E-state index is 0.230. The summed E-state index contributed by atoms with van der Waals surface area (Å²) in [6.07, 6.45) is 6.61. The lowest BCUT2D eigenvalue weighted by Crippen LogP contribution is -2.00. The van der Waals surface area contributed by atoms with Crippen molar-refractivity contribution in [2.75, 3.05) is 0 Å². The van der Waals surface area contributed by atoms with Crippen LogP contribution in [0, 0.1) is 5.82 Å². The largest absolute Gasteiger partial charge is 0.303 e. The summed E-state index contributed by atoms with van der Waals surface area (Å²) in [5, 5.41) is 8.89. The third-order valence-electron chi connectivity index (χ3n) is 2.98. The maximum Gasteiger partial charge on any atom is 0.197 e. The van der Waals surface area contributed by atoms with Gasteiger partial charge < -0.3 is 4.57 Å². The minimum atomic E-state index is -0.418. The first-order valence-electron chi connectivity index (χ1n) is 6.53. The maximum absolute atomic E-state index is 14.2. The highest BCUT2D eigenvalue weighted by molar-refractivity contribution is 7.99. The van der Waals surface area contributed by atoms with Crippen molar-refractivity contribution < 1.29 is 4.39 Å². The molecule has 0 atom stereocenters. The van der Waals surface area contributed by atoms with Gasteiger partial charge >= 0.3 is 0 Å². The predicted molar refractivity (Wildman–Crippen MR) is 77.5 cm³/mol. The van der Waals surface area contributed by atoms with Crippen LogP contribution in [0.4, 0.5) is 4.39 Å². The average Bonchev–Trinajstić information content (AvgIpc) is 2.91. The molecule has 0 bridgehead atoms. The quantitative estimate of drug-likeness (QED) is 0.680. The van der Waals surface area contributed by atoms with Crippen molar-refractivity contribution in [2.45, 2.75) is 23.5 Å². The van der Waals surface area contributed by atoms with Gasteiger partial charge in [-0.05, 0) is 18.2 Å². The normalized spacial score (nSPS) is 10.9. The molecule has 0 fully saturated rings. The Bertz CT molecular complexity index is 790. The van der Waals surface area contributed by atoms with Gasteiger partial charge in [0.15, 0.2) is 16.8 Å². The van der Waals surface area contributed by atoms with Crippen molar-refractivity contribution in [3.63, 3.8) is 0 Å². The van der Waals surface area contributed by atoms with E-state index in [4.69, 9.17) is 0 Å². The molecule has 3 aromatic heterocycles. The summed E-state index contributed by atoms with van der Waals surface area (Å²) in [6.45, 7) is 1.84. The average molecular weight is 317 g/mol. The molecule has 9 heteroatoms. The Morgan fingerprint density at radius 1 is 1.18 bits per heavy atom. The number of aryl methyl sites for hydroxylation is 1. The van der Waals surface area contributed by atoms with Crippen LogP contribution in [0.2, 0.25) is 0 Å². The SMILES string of the molecule is CCc1ncnc(Sc2nnc(-c3cnccn3)n2C)c1F. The van der Waals surface area contributed by atoms with Crippen LogP contribution in [-0.2, 0) is 13.5 Å². The molecule has 0 saturated carbocycles. The second-order valence-corrected chi connectivity index (χ2v) is 5.31. The van der Waals surface area contributed by atoms with Gasteiger partial charge in [-0.2, -0.15) is 0 Å². The number of aromatic nitrogens is 7. The van der Waals surface area contributed by atoms with Crippen molar-refractivity contribution in [3.8, 4) is 11.5 Å². The molecule has 7 nitrogen and oxygen atoms in total. The van der Waals surface area contributed by atoms with Crippen LogP contribution in [0.1, 0.15) is 12.6 Å². The van der Waals surface area contributed by atoms with Gasteiger partial charge in [0.05, 0.1) is 11.9 Å². The Labute approximate surface area is 130 Å². The summed E-state index contributed by atoms with van der Waals surface area (Å²) in [5.74, 6) is 0.139. The van der Waals surface area contributed by atoms with Gasteiger partial charge in [-0.3, -0.25) is 4.98 Å². The smallest absolute Gasteiger partial charge is 0.197 e. The highest BCUT2D eigenvalue weighted by atomic mass is 32.2. The molecular weight excluding hydrogens is 305 g/mol. The van der Waals surface area contributed by atoms with E-state index in [0.29, 0.717) is 28.8 Å². The number of nitrogens with zero attached hydrogens (tertiary/aromatic N) is 7. The zero-order valence-corrected chi connectivity index (χ0v) is 12.7. The number of hydrogen-bond acceptors (Lipinski definition) is 7. The van der Waals surface area contributed by atoms with Gasteiger partial charge in [-0.25, -0.2) is 19.3 Å². The summed E-state index contributed by atoms with van der Waals surface area (Å²) in [5.41, 5.74) is 0.982. The van der Waals surface area contributed by atoms with E-state index in [1.165, 1.54) is 6.33 Å². The van der Waals surface area contributed by atoms with Crippen LogP contribution in [0.5, 0.6) is 0 Å². The lowest BCUT2D eigenvalue weighted by molar-refractivity contribution is 0.558. The van der Waals surface area contributed by atoms with Crippen LogP contribution in [0.15, 0.2) is 35.1 Å². The lowest BCUT2D eigenvalue weighted by atomic mass is 10.3. The second-order valence-electron chi connectivity index (χ2n) is 4.35. The number of halogens is 1. The van der Waals surface area contributed by atoms with Crippen molar-refractivity contribution >= 4 is 11.8 Å². The molecule has 3 heterocycles. The molecule has 0 saturated heterocycles. The first kappa shape index (κ1) is 14.5. The topological polar surface area (TPSA) is 82.3 Å². The van der Waals surface area contributed by atoms with Gasteiger partial charge in [0.2, 0.25) is 0 Å². The van der Waals surface area contributed by atoms with E-state index in [9.17, 15) is 4.39 Å². The van der Waals surface area contributed by atoms with Gasteiger partial charge in [0.1, 0.15) is 17.0 Å². The van der Waals surface area contributed by atoms with Gasteiger partial charge in [-0.1, -0.05) is 6.92 Å². The third-order valence-corrected chi connectivity index (χ3v) is 4.00. The minimum Gasteiger partial charge on any atom is -0.303 e. The first-order chi connectivity index (χ1) is 10.7. The molecule has 0 aromatic carbocycles. The zero-order valence-electron chi connectivity index (χ0n) is 11.9. The Morgan fingerprint density at radius 2 is 2.05 bits per heavy atom. The van der Waals surface area contributed by atoms with Crippen molar-refractivity contribution in [3.05, 3.63) is 36.4 Å². The summed E-state index contributed by atoms with van der Waals surface area (Å²) in [7, 11) is 1.78. The van der Waals surface area contributed by atoms with E-state index >= 15 is 0 Å². The van der Waals surface area contributed by atoms with Crippen LogP contribution in [0.25, 0.3) is 11.5 Å². The molecule has 0 unspecified atom stereocenters. The molecule has 3 aromatic rings. The first-order valence-corrected chi connectivity index (χ1v) is 7.35. The molecule has 22 heavy (non-hydrogen) atoms. The van der Waals surface area contributed by atoms with E-state index in [0.717, 1.165) is 11.8 Å². The Kier molecular flexibility index (Phi) is 4.05. The second kappa shape index (κ2) is 6.14.